The molecule has 0 unspecified atom stereocenters. The zero-order chi connectivity index (χ0) is 16.2. The number of allylic oxidation sites excluding steroid dienone is 1. The highest BCUT2D eigenvalue weighted by atomic mass is 32.2. The molecule has 0 saturated heterocycles. The van der Waals surface area contributed by atoms with Crippen molar-refractivity contribution in [1.82, 2.24) is 0 Å². The maximum absolute atomic E-state index is 5.93. The topological polar surface area (TPSA) is 39.1 Å². The van der Waals surface area contributed by atoms with E-state index in [9.17, 15) is 0 Å². The molecule has 3 heterocycles. The molecule has 118 valence electrons. The molecule has 0 atom stereocenters. The molecule has 23 heavy (non-hydrogen) atoms. The van der Waals surface area contributed by atoms with E-state index >= 15 is 0 Å². The van der Waals surface area contributed by atoms with E-state index in [1.54, 1.807) is 22.7 Å². The minimum absolute atomic E-state index is 0.750. The number of fused-ring (bicyclic) bond motifs is 2. The largest absolute Gasteiger partial charge is 0.456 e. The van der Waals surface area contributed by atoms with Gasteiger partial charge in [0.05, 0.1) is 6.08 Å². The first-order chi connectivity index (χ1) is 11.2. The molecule has 1 aliphatic rings. The van der Waals surface area contributed by atoms with E-state index < -0.39 is 0 Å². The third-order valence-corrected chi connectivity index (χ3v) is 5.57. The fourth-order valence-corrected chi connectivity index (χ4v) is 4.44. The van der Waals surface area contributed by atoms with Gasteiger partial charge in [0.25, 0.3) is 5.01 Å². The van der Waals surface area contributed by atoms with Crippen LogP contribution in [-0.2, 0) is 7.05 Å². The molecule has 1 aromatic carbocycles. The molecular weight excluding hydrogens is 324 g/mol. The minimum atomic E-state index is 0.750. The van der Waals surface area contributed by atoms with Crippen LogP contribution in [0, 0.1) is 0 Å². The fraction of sp³-hybridized carbons (Fsp3) is 0.167. The van der Waals surface area contributed by atoms with Gasteiger partial charge >= 0.3 is 0 Å². The Labute approximate surface area is 144 Å². The number of aryl methyl sites for hydroxylation is 1. The van der Waals surface area contributed by atoms with Gasteiger partial charge in [0.1, 0.15) is 18.6 Å². The maximum Gasteiger partial charge on any atom is 0.267 e. The average Bonchev–Trinajstić information content (AvgIpc) is 3.12. The Morgan fingerprint density at radius 3 is 2.78 bits per heavy atom. The van der Waals surface area contributed by atoms with Crippen LogP contribution in [0.25, 0.3) is 21.7 Å². The minimum Gasteiger partial charge on any atom is -0.456 e. The highest BCUT2D eigenvalue weighted by Crippen LogP contribution is 2.30. The molecule has 5 heteroatoms. The van der Waals surface area contributed by atoms with Gasteiger partial charge in [-0.05, 0) is 30.1 Å². The molecule has 3 aromatic rings. The summed E-state index contributed by atoms with van der Waals surface area (Å²) in [6.45, 7) is 2.65. The Morgan fingerprint density at radius 1 is 1.22 bits per heavy atom. The van der Waals surface area contributed by atoms with E-state index in [-0.39, 0.29) is 0 Å². The number of rotatable bonds is 1. The first-order valence-corrected chi connectivity index (χ1v) is 9.15. The monoisotopic (exact) mass is 343 g/mol. The summed E-state index contributed by atoms with van der Waals surface area (Å²) in [6.07, 6.45) is 6.22. The van der Waals surface area contributed by atoms with Crippen molar-refractivity contribution >= 4 is 44.4 Å². The number of nitrogens with zero attached hydrogens (tertiary/aromatic N) is 1. The first-order valence-electron chi connectivity index (χ1n) is 7.45. The number of para-hydroxylation sites is 1. The Hall–Kier alpha value is -1.95. The number of hydrogen-bond acceptors (Lipinski definition) is 4. The van der Waals surface area contributed by atoms with Crippen LogP contribution in [0.2, 0.25) is 0 Å². The fourth-order valence-electron chi connectivity index (χ4n) is 2.27. The molecule has 0 fully saturated rings. The zero-order valence-corrected chi connectivity index (χ0v) is 14.8. The Morgan fingerprint density at radius 2 is 2.00 bits per heavy atom. The third-order valence-electron chi connectivity index (χ3n) is 3.34. The van der Waals surface area contributed by atoms with Gasteiger partial charge in [0.15, 0.2) is 4.01 Å². The van der Waals surface area contributed by atoms with Crippen molar-refractivity contribution < 1.29 is 9.30 Å². The molecule has 0 spiro atoms. The van der Waals surface area contributed by atoms with E-state index in [1.807, 2.05) is 31.2 Å². The van der Waals surface area contributed by atoms with Gasteiger partial charge < -0.3 is 10.5 Å². The normalized spacial score (nSPS) is 14.3. The van der Waals surface area contributed by atoms with Crippen LogP contribution in [0.4, 0.5) is 0 Å². The van der Waals surface area contributed by atoms with Gasteiger partial charge in [-0.3, -0.25) is 0 Å². The number of thiophene rings is 1. The van der Waals surface area contributed by atoms with Crippen molar-refractivity contribution in [3.63, 3.8) is 0 Å². The van der Waals surface area contributed by atoms with Crippen LogP contribution in [0.3, 0.4) is 0 Å². The van der Waals surface area contributed by atoms with E-state index in [1.165, 1.54) is 14.5 Å². The second kappa shape index (κ2) is 7.08. The molecule has 3 nitrogen and oxygen atoms in total. The van der Waals surface area contributed by atoms with Crippen LogP contribution in [0.15, 0.2) is 47.5 Å². The highest BCUT2D eigenvalue weighted by Gasteiger charge is 2.18. The molecule has 0 radical (unpaired) electrons. The van der Waals surface area contributed by atoms with Crippen molar-refractivity contribution in [1.29, 1.82) is 0 Å². The second-order valence-electron chi connectivity index (χ2n) is 5.02. The van der Waals surface area contributed by atoms with Crippen LogP contribution < -0.4 is 15.0 Å². The van der Waals surface area contributed by atoms with Gasteiger partial charge in [-0.1, -0.05) is 36.5 Å². The molecular formula is C18H19N2OS2+. The van der Waals surface area contributed by atoms with E-state index in [0.717, 1.165) is 23.6 Å². The molecule has 2 N–H and O–H groups in total. The number of ether oxygens (including phenoxy) is 1. The summed E-state index contributed by atoms with van der Waals surface area (Å²) in [4.78, 5) is 0. The Balaban J connectivity index is 0.000000485. The average molecular weight is 343 g/mol. The lowest BCUT2D eigenvalue weighted by Gasteiger charge is -2.13. The molecule has 0 aliphatic carbocycles. The van der Waals surface area contributed by atoms with Crippen LogP contribution >= 0.6 is 22.7 Å². The van der Waals surface area contributed by atoms with Crippen molar-refractivity contribution in [3.05, 3.63) is 58.1 Å². The molecule has 0 bridgehead atoms. The second-order valence-corrected chi connectivity index (χ2v) is 7.23. The predicted octanol–water partition coefficient (Wildman–Crippen LogP) is 4.20. The highest BCUT2D eigenvalue weighted by molar-refractivity contribution is 7.37. The molecule has 0 saturated carbocycles. The summed E-state index contributed by atoms with van der Waals surface area (Å²) >= 11 is 3.58. The van der Waals surface area contributed by atoms with Gasteiger partial charge in [-0.15, -0.1) is 11.3 Å². The quantitative estimate of drug-likeness (QED) is 0.673. The smallest absolute Gasteiger partial charge is 0.267 e. The molecule has 1 aliphatic heterocycles. The number of nitrogens with two attached hydrogens (primary N) is 1. The number of aromatic nitrogens is 1. The van der Waals surface area contributed by atoms with E-state index in [0.29, 0.717) is 0 Å². The van der Waals surface area contributed by atoms with Gasteiger partial charge in [-0.2, -0.15) is 4.57 Å². The number of hydrogen-bond donors (Lipinski definition) is 1. The van der Waals surface area contributed by atoms with Crippen LogP contribution in [0.5, 0.6) is 5.75 Å². The zero-order valence-electron chi connectivity index (χ0n) is 13.2. The summed E-state index contributed by atoms with van der Waals surface area (Å²) < 4.78 is 9.49. The third kappa shape index (κ3) is 3.37. The standard InChI is InChI=1S/C16H12NOS2.C2H7N/c1-17-13-8-9-19-16(13)20-15(17)10-12-7-6-11-4-2-3-5-14(11)18-12;1-2-3/h2-10H,1H3;2-3H2,1H3/q+1;/b12-10+;. The predicted molar refractivity (Wildman–Crippen MR) is 99.7 cm³/mol. The summed E-state index contributed by atoms with van der Waals surface area (Å²) in [5, 5.41) is 3.33. The van der Waals surface area contributed by atoms with Crippen LogP contribution in [0.1, 0.15) is 17.5 Å². The lowest BCUT2D eigenvalue weighted by molar-refractivity contribution is -0.642. The van der Waals surface area contributed by atoms with Crippen molar-refractivity contribution in [2.24, 2.45) is 12.8 Å². The summed E-state index contributed by atoms with van der Waals surface area (Å²) in [5.74, 6) is 1.80. The van der Waals surface area contributed by atoms with Crippen molar-refractivity contribution in [2.45, 2.75) is 6.92 Å². The van der Waals surface area contributed by atoms with E-state index in [4.69, 9.17) is 10.5 Å². The van der Waals surface area contributed by atoms with Gasteiger partial charge in [0, 0.05) is 11.6 Å². The SMILES string of the molecule is CCN.C[n+]1c(/C=C2\C=Cc3ccccc3O2)sc2sccc21. The lowest BCUT2D eigenvalue weighted by Crippen LogP contribution is -2.28. The summed E-state index contributed by atoms with van der Waals surface area (Å²) in [6, 6.07) is 10.2. The first kappa shape index (κ1) is 15.9. The van der Waals surface area contributed by atoms with Gasteiger partial charge in [-0.25, -0.2) is 0 Å². The molecule has 4 rings (SSSR count). The van der Waals surface area contributed by atoms with E-state index in [2.05, 4.69) is 41.3 Å². The number of benzene rings is 1. The molecule has 0 amide bonds. The van der Waals surface area contributed by atoms with Crippen molar-refractivity contribution in [3.8, 4) is 5.75 Å². The number of thiazole rings is 1. The summed E-state index contributed by atoms with van der Waals surface area (Å²) in [7, 11) is 2.10. The lowest BCUT2D eigenvalue weighted by atomic mass is 10.1. The van der Waals surface area contributed by atoms with Crippen LogP contribution in [-0.4, -0.2) is 6.54 Å². The van der Waals surface area contributed by atoms with Gasteiger partial charge in [0.2, 0.25) is 5.52 Å². The Bertz CT molecular complexity index is 874. The maximum atomic E-state index is 5.93. The summed E-state index contributed by atoms with van der Waals surface area (Å²) in [5.41, 5.74) is 7.26. The Kier molecular flexibility index (Phi) is 4.91. The molecule has 2 aromatic heterocycles. The van der Waals surface area contributed by atoms with Crippen molar-refractivity contribution in [2.75, 3.05) is 6.54 Å².